The van der Waals surface area contributed by atoms with Crippen molar-refractivity contribution in [2.24, 2.45) is 12.2 Å². The predicted molar refractivity (Wildman–Crippen MR) is 78.7 cm³/mol. The molecule has 0 aliphatic heterocycles. The van der Waals surface area contributed by atoms with Crippen LogP contribution in [-0.4, -0.2) is 29.2 Å². The molecule has 0 bridgehead atoms. The van der Waals surface area contributed by atoms with Gasteiger partial charge in [0.1, 0.15) is 25.1 Å². The molecule has 0 fully saturated rings. The van der Waals surface area contributed by atoms with Gasteiger partial charge < -0.3 is 9.57 Å². The fourth-order valence-electron chi connectivity index (χ4n) is 1.98. The molecule has 0 saturated carbocycles. The Kier molecular flexibility index (Phi) is 5.60. The minimum Gasteiger partial charge on any atom is -0.471 e. The first-order valence-corrected chi connectivity index (χ1v) is 6.95. The van der Waals surface area contributed by atoms with Crippen molar-refractivity contribution in [3.05, 3.63) is 47.2 Å². The van der Waals surface area contributed by atoms with Crippen LogP contribution >= 0.6 is 0 Å². The van der Waals surface area contributed by atoms with E-state index in [2.05, 4.69) is 15.1 Å². The highest BCUT2D eigenvalue weighted by Gasteiger charge is 2.30. The zero-order valence-corrected chi connectivity index (χ0v) is 13.2. The summed E-state index contributed by atoms with van der Waals surface area (Å²) in [6.07, 6.45) is -7.20. The molecule has 0 aliphatic rings. The first-order valence-electron chi connectivity index (χ1n) is 6.95. The standard InChI is InChI=1S/C15H14F5N3O2/c1-23-13(7-11(21-23)14(16)17)25-8-12(22-24-2)9-3-5-10(6-4-9)15(18,19)20/h3-7,14H,8H2,1-2H3. The third-order valence-corrected chi connectivity index (χ3v) is 3.18. The highest BCUT2D eigenvalue weighted by molar-refractivity contribution is 6.01. The molecule has 0 saturated heterocycles. The van der Waals surface area contributed by atoms with Gasteiger partial charge >= 0.3 is 6.18 Å². The summed E-state index contributed by atoms with van der Waals surface area (Å²) in [6, 6.07) is 5.32. The number of aromatic nitrogens is 2. The van der Waals surface area contributed by atoms with Gasteiger partial charge in [0, 0.05) is 18.7 Å². The molecule has 0 atom stereocenters. The van der Waals surface area contributed by atoms with E-state index in [0.717, 1.165) is 22.9 Å². The maximum atomic E-state index is 12.6. The van der Waals surface area contributed by atoms with Gasteiger partial charge in [-0.2, -0.15) is 18.3 Å². The summed E-state index contributed by atoms with van der Waals surface area (Å²) >= 11 is 0. The molecular formula is C15H14F5N3O2. The molecule has 0 unspecified atom stereocenters. The Bertz CT molecular complexity index is 739. The Morgan fingerprint density at radius 3 is 2.36 bits per heavy atom. The van der Waals surface area contributed by atoms with E-state index in [1.807, 2.05) is 0 Å². The number of benzene rings is 1. The maximum absolute atomic E-state index is 12.6. The van der Waals surface area contributed by atoms with Crippen molar-refractivity contribution < 1.29 is 31.5 Å². The Balaban J connectivity index is 2.15. The number of halogens is 5. The van der Waals surface area contributed by atoms with Crippen molar-refractivity contribution in [1.29, 1.82) is 0 Å². The van der Waals surface area contributed by atoms with Crippen LogP contribution in [0.2, 0.25) is 0 Å². The summed E-state index contributed by atoms with van der Waals surface area (Å²) in [5.41, 5.74) is -0.721. The summed E-state index contributed by atoms with van der Waals surface area (Å²) in [7, 11) is 2.69. The molecule has 1 aromatic carbocycles. The number of nitrogens with zero attached hydrogens (tertiary/aromatic N) is 3. The van der Waals surface area contributed by atoms with Crippen LogP contribution in [-0.2, 0) is 18.1 Å². The second-order valence-corrected chi connectivity index (χ2v) is 4.92. The average molecular weight is 363 g/mol. The second kappa shape index (κ2) is 7.49. The van der Waals surface area contributed by atoms with Crippen LogP contribution in [0.4, 0.5) is 22.0 Å². The van der Waals surface area contributed by atoms with E-state index in [9.17, 15) is 22.0 Å². The van der Waals surface area contributed by atoms with Crippen molar-refractivity contribution in [1.82, 2.24) is 9.78 Å². The molecule has 1 heterocycles. The van der Waals surface area contributed by atoms with Crippen LogP contribution in [0, 0.1) is 0 Å². The second-order valence-electron chi connectivity index (χ2n) is 4.92. The maximum Gasteiger partial charge on any atom is 0.416 e. The van der Waals surface area contributed by atoms with Crippen LogP contribution in [0.25, 0.3) is 0 Å². The van der Waals surface area contributed by atoms with Crippen molar-refractivity contribution in [2.45, 2.75) is 12.6 Å². The minimum atomic E-state index is -4.45. The monoisotopic (exact) mass is 363 g/mol. The lowest BCUT2D eigenvalue weighted by Gasteiger charge is -2.10. The lowest BCUT2D eigenvalue weighted by atomic mass is 10.1. The lowest BCUT2D eigenvalue weighted by Crippen LogP contribution is -2.15. The summed E-state index contributed by atoms with van der Waals surface area (Å²) < 4.78 is 69.5. The quantitative estimate of drug-likeness (QED) is 0.446. The zero-order valence-electron chi connectivity index (χ0n) is 13.2. The predicted octanol–water partition coefficient (Wildman–Crippen LogP) is 3.81. The molecule has 0 amide bonds. The molecule has 0 radical (unpaired) electrons. The van der Waals surface area contributed by atoms with Crippen LogP contribution in [0.3, 0.4) is 0 Å². The molecule has 10 heteroatoms. The van der Waals surface area contributed by atoms with E-state index >= 15 is 0 Å². The number of hydrogen-bond donors (Lipinski definition) is 0. The van der Waals surface area contributed by atoms with Gasteiger partial charge in [-0.15, -0.1) is 0 Å². The fourth-order valence-corrected chi connectivity index (χ4v) is 1.98. The van der Waals surface area contributed by atoms with Crippen LogP contribution < -0.4 is 4.74 Å². The summed E-state index contributed by atoms with van der Waals surface area (Å²) in [4.78, 5) is 4.66. The number of hydrogen-bond acceptors (Lipinski definition) is 4. The van der Waals surface area contributed by atoms with Gasteiger partial charge in [-0.05, 0) is 12.1 Å². The molecule has 136 valence electrons. The summed E-state index contributed by atoms with van der Waals surface area (Å²) in [6.45, 7) is -0.207. The zero-order chi connectivity index (χ0) is 18.6. The number of ether oxygens (including phenoxy) is 1. The Labute approximate surface area is 139 Å². The van der Waals surface area contributed by atoms with Crippen molar-refractivity contribution in [2.75, 3.05) is 13.7 Å². The summed E-state index contributed by atoms with van der Waals surface area (Å²) in [5.74, 6) is 0.0611. The van der Waals surface area contributed by atoms with Crippen LogP contribution in [0.5, 0.6) is 5.88 Å². The Hall–Kier alpha value is -2.65. The van der Waals surface area contributed by atoms with Gasteiger partial charge in [0.05, 0.1) is 5.56 Å². The highest BCUT2D eigenvalue weighted by Crippen LogP contribution is 2.29. The van der Waals surface area contributed by atoms with Gasteiger partial charge in [0.2, 0.25) is 5.88 Å². The molecule has 2 rings (SSSR count). The topological polar surface area (TPSA) is 48.6 Å². The third kappa shape index (κ3) is 4.68. The van der Waals surface area contributed by atoms with E-state index in [4.69, 9.17) is 4.74 Å². The average Bonchev–Trinajstić information content (AvgIpc) is 2.92. The number of oxime groups is 1. The highest BCUT2D eigenvalue weighted by atomic mass is 19.4. The van der Waals surface area contributed by atoms with E-state index in [1.54, 1.807) is 0 Å². The van der Waals surface area contributed by atoms with E-state index in [1.165, 1.54) is 26.3 Å². The molecule has 2 aromatic rings. The van der Waals surface area contributed by atoms with E-state index in [-0.39, 0.29) is 18.2 Å². The van der Waals surface area contributed by atoms with Gasteiger partial charge in [-0.1, -0.05) is 17.3 Å². The molecule has 1 aromatic heterocycles. The smallest absolute Gasteiger partial charge is 0.416 e. The van der Waals surface area contributed by atoms with Crippen molar-refractivity contribution in [3.8, 4) is 5.88 Å². The Morgan fingerprint density at radius 2 is 1.88 bits per heavy atom. The van der Waals surface area contributed by atoms with Crippen molar-refractivity contribution >= 4 is 5.71 Å². The molecule has 25 heavy (non-hydrogen) atoms. The van der Waals surface area contributed by atoms with Crippen molar-refractivity contribution in [3.63, 3.8) is 0 Å². The molecular weight excluding hydrogens is 349 g/mol. The van der Waals surface area contributed by atoms with E-state index < -0.39 is 23.9 Å². The van der Waals surface area contributed by atoms with Gasteiger partial charge in [0.15, 0.2) is 0 Å². The third-order valence-electron chi connectivity index (χ3n) is 3.18. The van der Waals surface area contributed by atoms with Gasteiger partial charge in [0.25, 0.3) is 6.43 Å². The molecule has 0 N–H and O–H groups in total. The summed E-state index contributed by atoms with van der Waals surface area (Å²) in [5, 5.41) is 7.30. The number of rotatable bonds is 6. The Morgan fingerprint density at radius 1 is 1.24 bits per heavy atom. The van der Waals surface area contributed by atoms with Gasteiger partial charge in [-0.25, -0.2) is 13.5 Å². The lowest BCUT2D eigenvalue weighted by molar-refractivity contribution is -0.137. The molecule has 5 nitrogen and oxygen atoms in total. The largest absolute Gasteiger partial charge is 0.471 e. The van der Waals surface area contributed by atoms with Crippen LogP contribution in [0.1, 0.15) is 23.2 Å². The van der Waals surface area contributed by atoms with E-state index in [0.29, 0.717) is 5.56 Å². The van der Waals surface area contributed by atoms with Gasteiger partial charge in [-0.3, -0.25) is 0 Å². The van der Waals surface area contributed by atoms with Crippen LogP contribution in [0.15, 0.2) is 35.5 Å². The SMILES string of the molecule is CON=C(COc1cc(C(F)F)nn1C)c1ccc(C(F)(F)F)cc1. The molecule has 0 aliphatic carbocycles. The number of aryl methyl sites for hydroxylation is 1. The number of alkyl halides is 5. The minimum absolute atomic E-state index is 0.0611. The first-order chi connectivity index (χ1) is 11.7. The molecule has 0 spiro atoms. The first kappa shape index (κ1) is 18.7. The normalized spacial score (nSPS) is 12.6. The fraction of sp³-hybridized carbons (Fsp3) is 0.333.